The molecule has 2 aromatic carbocycles. The summed E-state index contributed by atoms with van der Waals surface area (Å²) in [5.74, 6) is -0.0194. The number of nitrogens with zero attached hydrogens (tertiary/aromatic N) is 1. The number of cyclic esters (lactones) is 1. The molecule has 0 spiro atoms. The Kier molecular flexibility index (Phi) is 8.12. The fourth-order valence-electron chi connectivity index (χ4n) is 2.60. The number of aliphatic imine (C=N–C) groups is 1. The lowest BCUT2D eigenvalue weighted by Gasteiger charge is -2.11. The molecule has 0 fully saturated rings. The number of carbonyl (C=O) groups excluding carboxylic acids is 2. The van der Waals surface area contributed by atoms with Crippen LogP contribution in [0, 0.1) is 17.6 Å². The monoisotopic (exact) mass is 743 g/mol. The summed E-state index contributed by atoms with van der Waals surface area (Å²) in [6.07, 6.45) is 1.67. The molecule has 3 rings (SSSR count). The van der Waals surface area contributed by atoms with Crippen LogP contribution >= 0.6 is 67.8 Å². The molecule has 0 amide bonds. The van der Waals surface area contributed by atoms with Crippen LogP contribution in [0.4, 0.5) is 0 Å². The molecule has 0 saturated carbocycles. The van der Waals surface area contributed by atoms with Gasteiger partial charge in [0.2, 0.25) is 5.90 Å². The maximum atomic E-state index is 12.3. The fourth-order valence-corrected chi connectivity index (χ4v) is 5.07. The van der Waals surface area contributed by atoms with Gasteiger partial charge in [0, 0.05) is 9.13 Å². The van der Waals surface area contributed by atoms with Gasteiger partial charge in [0.15, 0.2) is 12.3 Å². The first kappa shape index (κ1) is 23.4. The molecule has 0 atom stereocenters. The summed E-state index contributed by atoms with van der Waals surface area (Å²) in [6, 6.07) is 9.49. The quantitative estimate of drug-likeness (QED) is 0.234. The van der Waals surface area contributed by atoms with Crippen molar-refractivity contribution in [3.05, 3.63) is 63.4 Å². The Morgan fingerprint density at radius 3 is 2.47 bits per heavy atom. The first-order valence-corrected chi connectivity index (χ1v) is 12.1. The van der Waals surface area contributed by atoms with E-state index in [9.17, 15) is 9.59 Å². The number of hydrogen-bond acceptors (Lipinski definition) is 6. The van der Waals surface area contributed by atoms with Gasteiger partial charge in [0.25, 0.3) is 0 Å². The Bertz CT molecular complexity index is 1060. The van der Waals surface area contributed by atoms with E-state index in [1.807, 2.05) is 37.3 Å². The fraction of sp³-hybridized carbons (Fsp3) is 0.190. The summed E-state index contributed by atoms with van der Waals surface area (Å²) in [5.41, 5.74) is 2.86. The number of hydrogen-bond donors (Lipinski definition) is 0. The number of ether oxygens (including phenoxy) is 3. The van der Waals surface area contributed by atoms with Crippen LogP contribution in [0.3, 0.4) is 0 Å². The Hall–Kier alpha value is -1.22. The Morgan fingerprint density at radius 2 is 1.83 bits per heavy atom. The Balaban J connectivity index is 1.83. The third-order valence-electron chi connectivity index (χ3n) is 3.99. The van der Waals surface area contributed by atoms with Gasteiger partial charge in [0.05, 0.1) is 13.7 Å². The second-order valence-corrected chi connectivity index (χ2v) is 9.69. The van der Waals surface area contributed by atoms with E-state index in [0.717, 1.165) is 27.4 Å². The van der Waals surface area contributed by atoms with Gasteiger partial charge in [-0.3, -0.25) is 0 Å². The maximum absolute atomic E-state index is 12.3. The minimum Gasteiger partial charge on any atom is -0.480 e. The molecular formula is C21H16I3NO5. The standard InChI is InChI=1S/C21H16I3NO5/c1-3-28-18(26)10-29-19-15(23)7-12(8-16(19)24)9-17-21(27)30-20(25-17)13-4-5-14(22)11(2)6-13/h4-9H,3,10H2,1-2H3/b17-9-. The highest BCUT2D eigenvalue weighted by Crippen LogP contribution is 2.30. The van der Waals surface area contributed by atoms with Crippen LogP contribution < -0.4 is 4.74 Å². The molecule has 0 radical (unpaired) electrons. The highest BCUT2D eigenvalue weighted by molar-refractivity contribution is 14.1. The second-order valence-electron chi connectivity index (χ2n) is 6.21. The van der Waals surface area contributed by atoms with Crippen molar-refractivity contribution in [2.24, 2.45) is 4.99 Å². The van der Waals surface area contributed by atoms with Gasteiger partial charge >= 0.3 is 11.9 Å². The molecule has 6 nitrogen and oxygen atoms in total. The van der Waals surface area contributed by atoms with E-state index in [-0.39, 0.29) is 12.3 Å². The van der Waals surface area contributed by atoms with Crippen molar-refractivity contribution >= 4 is 91.7 Å². The zero-order chi connectivity index (χ0) is 21.8. The highest BCUT2D eigenvalue weighted by atomic mass is 127. The number of halogens is 3. The molecule has 2 aromatic rings. The minimum atomic E-state index is -0.492. The first-order valence-electron chi connectivity index (χ1n) is 8.85. The van der Waals surface area contributed by atoms with Crippen molar-refractivity contribution < 1.29 is 23.8 Å². The summed E-state index contributed by atoms with van der Waals surface area (Å²) in [4.78, 5) is 28.2. The Labute approximate surface area is 214 Å². The molecule has 9 heteroatoms. The average molecular weight is 743 g/mol. The van der Waals surface area contributed by atoms with Crippen LogP contribution in [0.1, 0.15) is 23.6 Å². The van der Waals surface area contributed by atoms with E-state index < -0.39 is 11.9 Å². The van der Waals surface area contributed by atoms with Crippen molar-refractivity contribution in [3.63, 3.8) is 0 Å². The van der Waals surface area contributed by atoms with E-state index in [1.54, 1.807) is 13.0 Å². The minimum absolute atomic E-state index is 0.157. The summed E-state index contributed by atoms with van der Waals surface area (Å²) in [6.45, 7) is 3.89. The molecule has 1 aliphatic heterocycles. The van der Waals surface area contributed by atoms with Gasteiger partial charge in [-0.1, -0.05) is 0 Å². The summed E-state index contributed by atoms with van der Waals surface area (Å²) < 4.78 is 18.6. The number of rotatable bonds is 6. The molecule has 156 valence electrons. The molecule has 0 aromatic heterocycles. The van der Waals surface area contributed by atoms with E-state index in [0.29, 0.717) is 18.3 Å². The molecule has 0 saturated heterocycles. The predicted molar refractivity (Wildman–Crippen MR) is 139 cm³/mol. The molecule has 1 aliphatic rings. The van der Waals surface area contributed by atoms with Crippen molar-refractivity contribution in [1.82, 2.24) is 0 Å². The summed E-state index contributed by atoms with van der Waals surface area (Å²) in [5, 5.41) is 0. The summed E-state index contributed by atoms with van der Waals surface area (Å²) in [7, 11) is 0. The average Bonchev–Trinajstić information content (AvgIpc) is 3.04. The third-order valence-corrected chi connectivity index (χ3v) is 6.80. The van der Waals surface area contributed by atoms with E-state index >= 15 is 0 Å². The molecule has 30 heavy (non-hydrogen) atoms. The van der Waals surface area contributed by atoms with Crippen LogP contribution in [0.5, 0.6) is 5.75 Å². The van der Waals surface area contributed by atoms with Crippen LogP contribution in [0.15, 0.2) is 41.0 Å². The second kappa shape index (κ2) is 10.4. The van der Waals surface area contributed by atoms with Crippen molar-refractivity contribution in [1.29, 1.82) is 0 Å². The maximum Gasteiger partial charge on any atom is 0.363 e. The zero-order valence-corrected chi connectivity index (χ0v) is 22.5. The zero-order valence-electron chi connectivity index (χ0n) is 16.0. The van der Waals surface area contributed by atoms with Crippen LogP contribution in [-0.2, 0) is 19.1 Å². The van der Waals surface area contributed by atoms with Gasteiger partial charge in [-0.15, -0.1) is 0 Å². The topological polar surface area (TPSA) is 74.2 Å². The van der Waals surface area contributed by atoms with E-state index in [4.69, 9.17) is 14.2 Å². The lowest BCUT2D eigenvalue weighted by atomic mass is 10.1. The normalized spacial score (nSPS) is 14.5. The molecule has 0 unspecified atom stereocenters. The lowest BCUT2D eigenvalue weighted by Crippen LogP contribution is -2.15. The number of benzene rings is 2. The number of aryl methyl sites for hydroxylation is 1. The molecule has 0 aliphatic carbocycles. The first-order chi connectivity index (χ1) is 14.3. The molecule has 1 heterocycles. The highest BCUT2D eigenvalue weighted by Gasteiger charge is 2.24. The number of carbonyl (C=O) groups is 2. The lowest BCUT2D eigenvalue weighted by molar-refractivity contribution is -0.145. The van der Waals surface area contributed by atoms with Crippen molar-refractivity contribution in [3.8, 4) is 5.75 Å². The number of esters is 2. The molecule has 0 N–H and O–H groups in total. The predicted octanol–water partition coefficient (Wildman–Crippen LogP) is 5.10. The van der Waals surface area contributed by atoms with Gasteiger partial charge in [-0.05, 0) is 129 Å². The van der Waals surface area contributed by atoms with Crippen LogP contribution in [-0.4, -0.2) is 31.1 Å². The van der Waals surface area contributed by atoms with Crippen molar-refractivity contribution in [2.75, 3.05) is 13.2 Å². The smallest absolute Gasteiger partial charge is 0.363 e. The SMILES string of the molecule is CCOC(=O)COc1c(I)cc(/C=C2\N=C(c3ccc(I)c(C)c3)OC2=O)cc1I. The summed E-state index contributed by atoms with van der Waals surface area (Å²) >= 11 is 6.51. The van der Waals surface area contributed by atoms with E-state index in [1.165, 1.54) is 0 Å². The van der Waals surface area contributed by atoms with E-state index in [2.05, 4.69) is 72.8 Å². The Morgan fingerprint density at radius 1 is 1.13 bits per heavy atom. The van der Waals surface area contributed by atoms with Gasteiger partial charge in [-0.2, -0.15) is 0 Å². The largest absolute Gasteiger partial charge is 0.480 e. The van der Waals surface area contributed by atoms with Gasteiger partial charge < -0.3 is 14.2 Å². The molecule has 0 bridgehead atoms. The third kappa shape index (κ3) is 5.72. The molecular weight excluding hydrogens is 727 g/mol. The van der Waals surface area contributed by atoms with Gasteiger partial charge in [0.1, 0.15) is 5.75 Å². The van der Waals surface area contributed by atoms with Gasteiger partial charge in [-0.25, -0.2) is 14.6 Å². The van der Waals surface area contributed by atoms with Crippen LogP contribution in [0.25, 0.3) is 6.08 Å². The van der Waals surface area contributed by atoms with Crippen molar-refractivity contribution in [2.45, 2.75) is 13.8 Å². The van der Waals surface area contributed by atoms with Crippen LogP contribution in [0.2, 0.25) is 0 Å².